The second-order valence-electron chi connectivity index (χ2n) is 5.41. The van der Waals surface area contributed by atoms with Crippen LogP contribution in [0.5, 0.6) is 0 Å². The van der Waals surface area contributed by atoms with Gasteiger partial charge in [0.15, 0.2) is 0 Å². The van der Waals surface area contributed by atoms with Crippen molar-refractivity contribution in [2.24, 2.45) is 11.7 Å². The van der Waals surface area contributed by atoms with Crippen LogP contribution >= 0.6 is 0 Å². The summed E-state index contributed by atoms with van der Waals surface area (Å²) < 4.78 is 5.20. The molecule has 2 rings (SSSR count). The minimum Gasteiger partial charge on any atom is -0.467 e. The maximum atomic E-state index is 12.0. The molecule has 2 unspecified atom stereocenters. The maximum Gasteiger partial charge on any atom is 0.234 e. The van der Waals surface area contributed by atoms with Crippen molar-refractivity contribution < 1.29 is 9.21 Å². The van der Waals surface area contributed by atoms with E-state index in [0.29, 0.717) is 25.0 Å². The molecule has 1 amide bonds. The van der Waals surface area contributed by atoms with Crippen LogP contribution in [-0.2, 0) is 11.3 Å². The summed E-state index contributed by atoms with van der Waals surface area (Å²) in [4.78, 5) is 14.3. The highest BCUT2D eigenvalue weighted by Crippen LogP contribution is 2.28. The molecule has 3 N–H and O–H groups in total. The fourth-order valence-corrected chi connectivity index (χ4v) is 3.08. The van der Waals surface area contributed by atoms with Crippen LogP contribution in [0.25, 0.3) is 0 Å². The molecular formula is C15H25N3O2. The van der Waals surface area contributed by atoms with E-state index in [1.165, 1.54) is 12.8 Å². The molecule has 0 aliphatic heterocycles. The SMILES string of the molecule is CCN(CC(=O)NCc1ccco1)C1CCCC1CN. The minimum atomic E-state index is 0.0471. The lowest BCUT2D eigenvalue weighted by Gasteiger charge is -2.31. The zero-order valence-electron chi connectivity index (χ0n) is 12.2. The van der Waals surface area contributed by atoms with Crippen molar-refractivity contribution in [3.63, 3.8) is 0 Å². The van der Waals surface area contributed by atoms with Crippen molar-refractivity contribution in [3.8, 4) is 0 Å². The van der Waals surface area contributed by atoms with E-state index in [1.54, 1.807) is 6.26 Å². The molecule has 0 aromatic carbocycles. The van der Waals surface area contributed by atoms with Gasteiger partial charge in [0, 0.05) is 6.04 Å². The number of nitrogens with two attached hydrogens (primary N) is 1. The van der Waals surface area contributed by atoms with E-state index in [1.807, 2.05) is 12.1 Å². The zero-order chi connectivity index (χ0) is 14.4. The lowest BCUT2D eigenvalue weighted by atomic mass is 10.0. The van der Waals surface area contributed by atoms with Gasteiger partial charge in [-0.15, -0.1) is 0 Å². The van der Waals surface area contributed by atoms with Crippen LogP contribution in [-0.4, -0.2) is 36.5 Å². The first-order chi connectivity index (χ1) is 9.74. The Kier molecular flexibility index (Phi) is 5.61. The first-order valence-corrected chi connectivity index (χ1v) is 7.47. The number of rotatable bonds is 7. The summed E-state index contributed by atoms with van der Waals surface area (Å²) in [5, 5.41) is 2.90. The average Bonchev–Trinajstić information content (AvgIpc) is 3.13. The van der Waals surface area contributed by atoms with E-state index in [9.17, 15) is 4.79 Å². The average molecular weight is 279 g/mol. The van der Waals surface area contributed by atoms with Crippen LogP contribution in [0.15, 0.2) is 22.8 Å². The Morgan fingerprint density at radius 2 is 2.40 bits per heavy atom. The van der Waals surface area contributed by atoms with Crippen molar-refractivity contribution in [1.82, 2.24) is 10.2 Å². The monoisotopic (exact) mass is 279 g/mol. The van der Waals surface area contributed by atoms with E-state index >= 15 is 0 Å². The number of carbonyl (C=O) groups is 1. The number of carbonyl (C=O) groups excluding carboxylic acids is 1. The van der Waals surface area contributed by atoms with Crippen molar-refractivity contribution in [1.29, 1.82) is 0 Å². The Hall–Kier alpha value is -1.33. The number of hydrogen-bond acceptors (Lipinski definition) is 4. The van der Waals surface area contributed by atoms with Gasteiger partial charge in [0.2, 0.25) is 5.91 Å². The molecule has 0 saturated heterocycles. The van der Waals surface area contributed by atoms with Gasteiger partial charge >= 0.3 is 0 Å². The zero-order valence-corrected chi connectivity index (χ0v) is 12.2. The second kappa shape index (κ2) is 7.45. The molecule has 5 heteroatoms. The van der Waals surface area contributed by atoms with Crippen LogP contribution in [0.2, 0.25) is 0 Å². The molecule has 20 heavy (non-hydrogen) atoms. The Morgan fingerprint density at radius 1 is 1.55 bits per heavy atom. The Bertz CT molecular complexity index is 405. The normalized spacial score (nSPS) is 22.4. The van der Waals surface area contributed by atoms with Crippen molar-refractivity contribution in [2.45, 2.75) is 38.8 Å². The molecule has 0 bridgehead atoms. The number of likely N-dealkylation sites (N-methyl/N-ethyl adjacent to an activating group) is 1. The lowest BCUT2D eigenvalue weighted by molar-refractivity contribution is -0.123. The molecule has 1 aliphatic carbocycles. The molecule has 0 spiro atoms. The first-order valence-electron chi connectivity index (χ1n) is 7.47. The fourth-order valence-electron chi connectivity index (χ4n) is 3.08. The summed E-state index contributed by atoms with van der Waals surface area (Å²) in [6, 6.07) is 4.14. The first kappa shape index (κ1) is 15.1. The van der Waals surface area contributed by atoms with Crippen LogP contribution in [0.1, 0.15) is 31.9 Å². The topological polar surface area (TPSA) is 71.5 Å². The van der Waals surface area contributed by atoms with Gasteiger partial charge in [0.25, 0.3) is 0 Å². The lowest BCUT2D eigenvalue weighted by Crippen LogP contribution is -2.45. The molecule has 112 valence electrons. The quantitative estimate of drug-likeness (QED) is 0.790. The third-order valence-corrected chi connectivity index (χ3v) is 4.18. The third-order valence-electron chi connectivity index (χ3n) is 4.18. The Balaban J connectivity index is 1.81. The highest BCUT2D eigenvalue weighted by atomic mass is 16.3. The van der Waals surface area contributed by atoms with Gasteiger partial charge in [0.1, 0.15) is 5.76 Å². The summed E-state index contributed by atoms with van der Waals surface area (Å²) in [7, 11) is 0. The Morgan fingerprint density at radius 3 is 3.05 bits per heavy atom. The van der Waals surface area contributed by atoms with Crippen molar-refractivity contribution in [3.05, 3.63) is 24.2 Å². The molecule has 1 heterocycles. The number of nitrogens with zero attached hydrogens (tertiary/aromatic N) is 1. The summed E-state index contributed by atoms with van der Waals surface area (Å²) in [5.74, 6) is 1.36. The smallest absolute Gasteiger partial charge is 0.234 e. The number of amides is 1. The van der Waals surface area contributed by atoms with Gasteiger partial charge in [-0.2, -0.15) is 0 Å². The van der Waals surface area contributed by atoms with Gasteiger partial charge < -0.3 is 15.5 Å². The fraction of sp³-hybridized carbons (Fsp3) is 0.667. The van der Waals surface area contributed by atoms with Crippen LogP contribution in [0.3, 0.4) is 0 Å². The van der Waals surface area contributed by atoms with Crippen LogP contribution < -0.4 is 11.1 Å². The predicted octanol–water partition coefficient (Wildman–Crippen LogP) is 1.35. The molecule has 0 radical (unpaired) electrons. The number of hydrogen-bond donors (Lipinski definition) is 2. The standard InChI is InChI=1S/C15H25N3O2/c1-2-18(14-7-3-5-12(14)9-16)11-15(19)17-10-13-6-4-8-20-13/h4,6,8,12,14H,2-3,5,7,9-11,16H2,1H3,(H,17,19). The van der Waals surface area contributed by atoms with E-state index < -0.39 is 0 Å². The van der Waals surface area contributed by atoms with Crippen LogP contribution in [0.4, 0.5) is 0 Å². The van der Waals surface area contributed by atoms with E-state index in [-0.39, 0.29) is 5.91 Å². The van der Waals surface area contributed by atoms with E-state index in [4.69, 9.17) is 10.2 Å². The van der Waals surface area contributed by atoms with Gasteiger partial charge in [-0.1, -0.05) is 13.3 Å². The van der Waals surface area contributed by atoms with Gasteiger partial charge in [-0.05, 0) is 44.0 Å². The van der Waals surface area contributed by atoms with Gasteiger partial charge in [-0.3, -0.25) is 9.69 Å². The second-order valence-corrected chi connectivity index (χ2v) is 5.41. The molecule has 5 nitrogen and oxygen atoms in total. The molecular weight excluding hydrogens is 254 g/mol. The van der Waals surface area contributed by atoms with Crippen LogP contribution in [0, 0.1) is 5.92 Å². The van der Waals surface area contributed by atoms with Crippen molar-refractivity contribution in [2.75, 3.05) is 19.6 Å². The highest BCUT2D eigenvalue weighted by Gasteiger charge is 2.31. The maximum absolute atomic E-state index is 12.0. The minimum absolute atomic E-state index is 0.0471. The predicted molar refractivity (Wildman–Crippen MR) is 78.0 cm³/mol. The molecule has 1 aliphatic rings. The summed E-state index contributed by atoms with van der Waals surface area (Å²) in [6.45, 7) is 4.60. The molecule has 1 aromatic heterocycles. The molecule has 2 atom stereocenters. The molecule has 1 saturated carbocycles. The Labute approximate surface area is 120 Å². The van der Waals surface area contributed by atoms with E-state index in [0.717, 1.165) is 25.3 Å². The number of nitrogens with one attached hydrogen (secondary N) is 1. The summed E-state index contributed by atoms with van der Waals surface area (Å²) >= 11 is 0. The third kappa shape index (κ3) is 3.84. The largest absolute Gasteiger partial charge is 0.467 e. The highest BCUT2D eigenvalue weighted by molar-refractivity contribution is 5.78. The molecule has 1 fully saturated rings. The van der Waals surface area contributed by atoms with E-state index in [2.05, 4.69) is 17.1 Å². The van der Waals surface area contributed by atoms with Crippen molar-refractivity contribution >= 4 is 5.91 Å². The summed E-state index contributed by atoms with van der Waals surface area (Å²) in [6.07, 6.45) is 5.17. The number of furan rings is 1. The summed E-state index contributed by atoms with van der Waals surface area (Å²) in [5.41, 5.74) is 5.83. The molecule has 1 aromatic rings. The van der Waals surface area contributed by atoms with Gasteiger partial charge in [-0.25, -0.2) is 0 Å². The van der Waals surface area contributed by atoms with Gasteiger partial charge in [0.05, 0.1) is 19.4 Å².